The number of amides is 1. The molecule has 1 amide bonds. The van der Waals surface area contributed by atoms with E-state index in [1.807, 2.05) is 48.7 Å². The number of thiazole rings is 1. The van der Waals surface area contributed by atoms with Crippen molar-refractivity contribution < 1.29 is 9.53 Å². The average molecular weight is 394 g/mol. The Morgan fingerprint density at radius 1 is 1.21 bits per heavy atom. The Bertz CT molecular complexity index is 1130. The van der Waals surface area contributed by atoms with Crippen LogP contribution in [-0.4, -0.2) is 28.9 Å². The molecule has 0 spiro atoms. The van der Waals surface area contributed by atoms with Gasteiger partial charge in [0, 0.05) is 23.9 Å². The predicted octanol–water partition coefficient (Wildman–Crippen LogP) is 5.00. The Labute approximate surface area is 168 Å². The van der Waals surface area contributed by atoms with Gasteiger partial charge in [0.2, 0.25) is 0 Å². The lowest BCUT2D eigenvalue weighted by molar-refractivity contribution is 0.0952. The molecule has 28 heavy (non-hydrogen) atoms. The monoisotopic (exact) mass is 393 g/mol. The number of hydrogen-bond donors (Lipinski definition) is 1. The molecule has 0 aliphatic rings. The summed E-state index contributed by atoms with van der Waals surface area (Å²) in [4.78, 5) is 18.0. The van der Waals surface area contributed by atoms with Gasteiger partial charge < -0.3 is 10.1 Å². The Morgan fingerprint density at radius 2 is 2.00 bits per heavy atom. The predicted molar refractivity (Wildman–Crippen MR) is 114 cm³/mol. The van der Waals surface area contributed by atoms with Crippen LogP contribution in [0.5, 0.6) is 5.75 Å². The normalized spacial score (nSPS) is 11.4. The van der Waals surface area contributed by atoms with Gasteiger partial charge in [0.25, 0.3) is 5.91 Å². The molecule has 0 aliphatic heterocycles. The van der Waals surface area contributed by atoms with Gasteiger partial charge in [-0.1, -0.05) is 25.2 Å². The summed E-state index contributed by atoms with van der Waals surface area (Å²) in [7, 11) is 1.66. The topological polar surface area (TPSA) is 55.6 Å². The minimum absolute atomic E-state index is 0.0208. The van der Waals surface area contributed by atoms with Crippen molar-refractivity contribution in [3.05, 3.63) is 54.2 Å². The van der Waals surface area contributed by atoms with Gasteiger partial charge in [0.1, 0.15) is 5.75 Å². The lowest BCUT2D eigenvalue weighted by Crippen LogP contribution is -2.25. The Balaban J connectivity index is 1.60. The van der Waals surface area contributed by atoms with E-state index < -0.39 is 0 Å². The van der Waals surface area contributed by atoms with Crippen LogP contribution < -0.4 is 10.1 Å². The summed E-state index contributed by atoms with van der Waals surface area (Å²) < 4.78 is 8.36. The number of carbonyl (C=O) groups excluding carboxylic acids is 1. The smallest absolute Gasteiger partial charge is 0.251 e. The fraction of sp³-hybridized carbons (Fsp3) is 0.273. The molecule has 1 N–H and O–H groups in total. The maximum atomic E-state index is 12.4. The van der Waals surface area contributed by atoms with Gasteiger partial charge in [-0.2, -0.15) is 0 Å². The van der Waals surface area contributed by atoms with Crippen LogP contribution >= 0.6 is 11.3 Å². The Hall–Kier alpha value is -2.86. The summed E-state index contributed by atoms with van der Waals surface area (Å²) in [5.74, 6) is 1.38. The van der Waals surface area contributed by atoms with Crippen molar-refractivity contribution >= 4 is 32.4 Å². The molecular formula is C22H23N3O2S. The van der Waals surface area contributed by atoms with Crippen LogP contribution in [0.25, 0.3) is 26.4 Å². The van der Waals surface area contributed by atoms with E-state index in [-0.39, 0.29) is 5.91 Å². The molecule has 5 nitrogen and oxygen atoms in total. The second-order valence-electron chi connectivity index (χ2n) is 7.23. The zero-order valence-corrected chi connectivity index (χ0v) is 17.0. The summed E-state index contributed by atoms with van der Waals surface area (Å²) in [6, 6.07) is 13.7. The maximum absolute atomic E-state index is 12.4. The highest BCUT2D eigenvalue weighted by atomic mass is 32.1. The first-order valence-corrected chi connectivity index (χ1v) is 10.2. The number of benzene rings is 2. The molecule has 0 saturated carbocycles. The first kappa shape index (κ1) is 18.5. The van der Waals surface area contributed by atoms with Gasteiger partial charge in [-0.3, -0.25) is 9.20 Å². The zero-order chi connectivity index (χ0) is 19.7. The number of aromatic nitrogens is 2. The van der Waals surface area contributed by atoms with Crippen molar-refractivity contribution in [2.75, 3.05) is 13.7 Å². The number of methoxy groups -OCH3 is 1. The molecule has 2 heterocycles. The first-order chi connectivity index (χ1) is 13.5. The van der Waals surface area contributed by atoms with Crippen LogP contribution in [0.2, 0.25) is 0 Å². The quantitative estimate of drug-likeness (QED) is 0.501. The largest absolute Gasteiger partial charge is 0.497 e. The number of nitrogens with one attached hydrogen (secondary N) is 1. The van der Waals surface area contributed by atoms with Crippen molar-refractivity contribution in [3.63, 3.8) is 0 Å². The van der Waals surface area contributed by atoms with Crippen LogP contribution in [0, 0.1) is 5.92 Å². The first-order valence-electron chi connectivity index (χ1n) is 9.39. The molecule has 2 aromatic heterocycles. The lowest BCUT2D eigenvalue weighted by Gasteiger charge is -2.07. The molecule has 0 aliphatic carbocycles. The average Bonchev–Trinajstić information content (AvgIpc) is 3.25. The van der Waals surface area contributed by atoms with Gasteiger partial charge in [0.15, 0.2) is 4.96 Å². The zero-order valence-electron chi connectivity index (χ0n) is 16.2. The molecule has 0 fully saturated rings. The third-order valence-corrected chi connectivity index (χ3v) is 5.77. The molecule has 0 radical (unpaired) electrons. The third-order valence-electron chi connectivity index (χ3n) is 4.75. The SMILES string of the molecule is COc1ccc(-c2cn3c(n2)sc2cc(C(=O)NCCC(C)C)ccc23)cc1. The number of hydrogen-bond acceptors (Lipinski definition) is 4. The van der Waals surface area contributed by atoms with Crippen LogP contribution in [0.15, 0.2) is 48.7 Å². The Morgan fingerprint density at radius 3 is 2.71 bits per heavy atom. The third kappa shape index (κ3) is 3.60. The van der Waals surface area contributed by atoms with E-state index in [2.05, 4.69) is 23.6 Å². The van der Waals surface area contributed by atoms with Gasteiger partial charge in [-0.05, 0) is 54.8 Å². The standard InChI is InChI=1S/C22H23N3O2S/c1-14(2)10-11-23-21(26)16-6-9-19-20(12-16)28-22-24-18(13-25(19)22)15-4-7-17(27-3)8-5-15/h4-9,12-14H,10-11H2,1-3H3,(H,23,26). The van der Waals surface area contributed by atoms with E-state index >= 15 is 0 Å². The fourth-order valence-corrected chi connectivity index (χ4v) is 4.17. The van der Waals surface area contributed by atoms with Gasteiger partial charge in [-0.25, -0.2) is 4.98 Å². The van der Waals surface area contributed by atoms with Crippen LogP contribution in [0.3, 0.4) is 0 Å². The fourth-order valence-electron chi connectivity index (χ4n) is 3.12. The number of imidazole rings is 1. The van der Waals surface area contributed by atoms with E-state index in [0.29, 0.717) is 18.0 Å². The minimum Gasteiger partial charge on any atom is -0.497 e. The highest BCUT2D eigenvalue weighted by Gasteiger charge is 2.13. The molecule has 6 heteroatoms. The van der Waals surface area contributed by atoms with E-state index in [0.717, 1.165) is 38.6 Å². The van der Waals surface area contributed by atoms with Crippen LogP contribution in [0.4, 0.5) is 0 Å². The van der Waals surface area contributed by atoms with Crippen molar-refractivity contribution in [1.82, 2.24) is 14.7 Å². The van der Waals surface area contributed by atoms with Crippen molar-refractivity contribution in [3.8, 4) is 17.0 Å². The molecule has 0 saturated heterocycles. The van der Waals surface area contributed by atoms with E-state index in [9.17, 15) is 4.79 Å². The molecular weight excluding hydrogens is 370 g/mol. The van der Waals surface area contributed by atoms with E-state index in [1.165, 1.54) is 0 Å². The van der Waals surface area contributed by atoms with Crippen molar-refractivity contribution in [1.29, 1.82) is 0 Å². The minimum atomic E-state index is -0.0208. The second kappa shape index (κ2) is 7.64. The molecule has 144 valence electrons. The molecule has 0 atom stereocenters. The lowest BCUT2D eigenvalue weighted by atomic mass is 10.1. The summed E-state index contributed by atoms with van der Waals surface area (Å²) in [6.45, 7) is 5.01. The van der Waals surface area contributed by atoms with Crippen molar-refractivity contribution in [2.24, 2.45) is 5.92 Å². The van der Waals surface area contributed by atoms with E-state index in [4.69, 9.17) is 9.72 Å². The van der Waals surface area contributed by atoms with Gasteiger partial charge in [-0.15, -0.1) is 0 Å². The molecule has 4 aromatic rings. The Kier molecular flexibility index (Phi) is 5.05. The summed E-state index contributed by atoms with van der Waals surface area (Å²) >= 11 is 1.59. The van der Waals surface area contributed by atoms with Gasteiger partial charge >= 0.3 is 0 Å². The summed E-state index contributed by atoms with van der Waals surface area (Å²) in [6.07, 6.45) is 3.02. The highest BCUT2D eigenvalue weighted by Crippen LogP contribution is 2.30. The van der Waals surface area contributed by atoms with Crippen LogP contribution in [-0.2, 0) is 0 Å². The molecule has 2 aromatic carbocycles. The van der Waals surface area contributed by atoms with Crippen LogP contribution in [0.1, 0.15) is 30.6 Å². The molecule has 0 bridgehead atoms. The van der Waals surface area contributed by atoms with E-state index in [1.54, 1.807) is 18.4 Å². The molecule has 4 rings (SSSR count). The summed E-state index contributed by atoms with van der Waals surface area (Å²) in [5.41, 5.74) is 3.72. The highest BCUT2D eigenvalue weighted by molar-refractivity contribution is 7.23. The number of rotatable bonds is 6. The number of ether oxygens (including phenoxy) is 1. The number of fused-ring (bicyclic) bond motifs is 3. The maximum Gasteiger partial charge on any atom is 0.251 e. The number of carbonyl (C=O) groups is 1. The molecule has 0 unspecified atom stereocenters. The summed E-state index contributed by atoms with van der Waals surface area (Å²) in [5, 5.41) is 3.00. The number of nitrogens with zero attached hydrogens (tertiary/aromatic N) is 2. The van der Waals surface area contributed by atoms with Crippen molar-refractivity contribution in [2.45, 2.75) is 20.3 Å². The second-order valence-corrected chi connectivity index (χ2v) is 8.24. The van der Waals surface area contributed by atoms with Gasteiger partial charge in [0.05, 0.1) is 23.0 Å².